The fraction of sp³-hybridized carbons (Fsp3) is 0.190. The number of anilines is 1. The van der Waals surface area contributed by atoms with Crippen molar-refractivity contribution in [2.75, 3.05) is 11.4 Å². The van der Waals surface area contributed by atoms with Gasteiger partial charge in [0, 0.05) is 42.1 Å². The minimum atomic E-state index is -0.434. The molecule has 1 aliphatic heterocycles. The van der Waals surface area contributed by atoms with E-state index >= 15 is 0 Å². The van der Waals surface area contributed by atoms with E-state index in [1.807, 2.05) is 24.3 Å². The molecule has 0 radical (unpaired) electrons. The van der Waals surface area contributed by atoms with Crippen molar-refractivity contribution < 1.29 is 14.0 Å². The fourth-order valence-electron chi connectivity index (χ4n) is 3.38. The summed E-state index contributed by atoms with van der Waals surface area (Å²) in [6.45, 7) is 0.524. The second-order valence-corrected chi connectivity index (χ2v) is 7.77. The molecule has 1 saturated heterocycles. The highest BCUT2D eigenvalue weighted by atomic mass is 79.9. The molecule has 0 spiro atoms. The standard InChI is InChI=1S/C21H18BrFN4O2/c22-16-2-1-3-17(10-16)27-12-15(9-20(27)28)21(29)25-11-14-4-5-19(18(23)8-14)26-7-6-24-13-26/h1-8,10,13,15H,9,11-12H2,(H,25,29). The van der Waals surface area contributed by atoms with Crippen LogP contribution in [0.5, 0.6) is 0 Å². The van der Waals surface area contributed by atoms with Gasteiger partial charge in [0.15, 0.2) is 0 Å². The lowest BCUT2D eigenvalue weighted by atomic mass is 10.1. The molecule has 8 heteroatoms. The summed E-state index contributed by atoms with van der Waals surface area (Å²) in [6.07, 6.45) is 4.92. The molecule has 29 heavy (non-hydrogen) atoms. The van der Waals surface area contributed by atoms with Crippen LogP contribution in [0.2, 0.25) is 0 Å². The van der Waals surface area contributed by atoms with Crippen molar-refractivity contribution in [2.45, 2.75) is 13.0 Å². The number of rotatable bonds is 5. The van der Waals surface area contributed by atoms with E-state index in [1.165, 1.54) is 12.4 Å². The van der Waals surface area contributed by atoms with Crippen LogP contribution in [0.1, 0.15) is 12.0 Å². The topological polar surface area (TPSA) is 67.2 Å². The molecule has 1 aromatic heterocycles. The first-order chi connectivity index (χ1) is 14.0. The Morgan fingerprint density at radius 3 is 2.86 bits per heavy atom. The van der Waals surface area contributed by atoms with E-state index in [1.54, 1.807) is 34.0 Å². The van der Waals surface area contributed by atoms with Crippen LogP contribution in [0.3, 0.4) is 0 Å². The molecule has 1 fully saturated rings. The Kier molecular flexibility index (Phi) is 5.44. The van der Waals surface area contributed by atoms with Gasteiger partial charge in [0.1, 0.15) is 5.82 Å². The zero-order valence-corrected chi connectivity index (χ0v) is 17.0. The summed E-state index contributed by atoms with van der Waals surface area (Å²) in [6, 6.07) is 12.2. The molecule has 2 aromatic carbocycles. The highest BCUT2D eigenvalue weighted by molar-refractivity contribution is 9.10. The minimum absolute atomic E-state index is 0.0843. The molecule has 2 heterocycles. The van der Waals surface area contributed by atoms with Gasteiger partial charge in [0.05, 0.1) is 17.9 Å². The second-order valence-electron chi connectivity index (χ2n) is 6.86. The molecule has 148 valence electrons. The van der Waals surface area contributed by atoms with E-state index in [0.29, 0.717) is 17.8 Å². The average Bonchev–Trinajstić information content (AvgIpc) is 3.36. The van der Waals surface area contributed by atoms with Crippen LogP contribution in [0, 0.1) is 11.7 Å². The zero-order valence-electron chi connectivity index (χ0n) is 15.4. The second kappa shape index (κ2) is 8.16. The van der Waals surface area contributed by atoms with Gasteiger partial charge in [0.25, 0.3) is 0 Å². The quantitative estimate of drug-likeness (QED) is 0.639. The van der Waals surface area contributed by atoms with Gasteiger partial charge >= 0.3 is 0 Å². The van der Waals surface area contributed by atoms with Crippen LogP contribution < -0.4 is 10.2 Å². The minimum Gasteiger partial charge on any atom is -0.352 e. The van der Waals surface area contributed by atoms with Crippen molar-refractivity contribution >= 4 is 33.4 Å². The van der Waals surface area contributed by atoms with Gasteiger partial charge in [-0.2, -0.15) is 0 Å². The number of nitrogens with one attached hydrogen (secondary N) is 1. The molecule has 3 aromatic rings. The molecule has 0 aliphatic carbocycles. The number of carbonyl (C=O) groups excluding carboxylic acids is 2. The summed E-state index contributed by atoms with van der Waals surface area (Å²) in [5, 5.41) is 2.81. The van der Waals surface area contributed by atoms with Gasteiger partial charge in [-0.1, -0.05) is 28.1 Å². The smallest absolute Gasteiger partial charge is 0.227 e. The number of carbonyl (C=O) groups is 2. The summed E-state index contributed by atoms with van der Waals surface area (Å²) in [7, 11) is 0. The number of hydrogen-bond donors (Lipinski definition) is 1. The van der Waals surface area contributed by atoms with E-state index in [0.717, 1.165) is 10.2 Å². The Bertz CT molecular complexity index is 1050. The van der Waals surface area contributed by atoms with Gasteiger partial charge in [-0.3, -0.25) is 9.59 Å². The molecule has 1 N–H and O–H groups in total. The van der Waals surface area contributed by atoms with Crippen molar-refractivity contribution in [3.05, 3.63) is 77.0 Å². The van der Waals surface area contributed by atoms with E-state index in [-0.39, 0.29) is 24.8 Å². The SMILES string of the molecule is O=C(NCc1ccc(-n2ccnc2)c(F)c1)C1CC(=O)N(c2cccc(Br)c2)C1. The maximum absolute atomic E-state index is 14.3. The van der Waals surface area contributed by atoms with Crippen LogP contribution in [0.15, 0.2) is 65.7 Å². The lowest BCUT2D eigenvalue weighted by Gasteiger charge is -2.17. The van der Waals surface area contributed by atoms with Crippen LogP contribution >= 0.6 is 15.9 Å². The number of aromatic nitrogens is 2. The number of benzene rings is 2. The largest absolute Gasteiger partial charge is 0.352 e. The van der Waals surface area contributed by atoms with Crippen molar-refractivity contribution in [3.8, 4) is 5.69 Å². The summed E-state index contributed by atoms with van der Waals surface area (Å²) < 4.78 is 16.8. The van der Waals surface area contributed by atoms with E-state index < -0.39 is 11.7 Å². The Hall–Kier alpha value is -3.00. The third-order valence-electron chi connectivity index (χ3n) is 4.88. The number of halogens is 2. The molecule has 4 rings (SSSR count). The van der Waals surface area contributed by atoms with E-state index in [9.17, 15) is 14.0 Å². The number of amides is 2. The molecule has 1 atom stereocenters. The van der Waals surface area contributed by atoms with Crippen molar-refractivity contribution in [1.29, 1.82) is 0 Å². The number of imidazole rings is 1. The van der Waals surface area contributed by atoms with Gasteiger partial charge in [0.2, 0.25) is 11.8 Å². The van der Waals surface area contributed by atoms with Crippen molar-refractivity contribution in [3.63, 3.8) is 0 Å². The van der Waals surface area contributed by atoms with Crippen molar-refractivity contribution in [2.24, 2.45) is 5.92 Å². The highest BCUT2D eigenvalue weighted by Crippen LogP contribution is 2.27. The van der Waals surface area contributed by atoms with Gasteiger partial charge in [-0.05, 0) is 35.9 Å². The molecular weight excluding hydrogens is 439 g/mol. The van der Waals surface area contributed by atoms with E-state index in [2.05, 4.69) is 26.2 Å². The summed E-state index contributed by atoms with van der Waals surface area (Å²) in [4.78, 5) is 30.4. The molecule has 2 amide bonds. The first-order valence-electron chi connectivity index (χ1n) is 9.11. The maximum atomic E-state index is 14.3. The Balaban J connectivity index is 1.38. The summed E-state index contributed by atoms with van der Waals surface area (Å²) in [5.41, 5.74) is 1.80. The normalized spacial score (nSPS) is 16.3. The van der Waals surface area contributed by atoms with E-state index in [4.69, 9.17) is 0 Å². The summed E-state index contributed by atoms with van der Waals surface area (Å²) in [5.74, 6) is -1.13. The maximum Gasteiger partial charge on any atom is 0.227 e. The molecular formula is C21H18BrFN4O2. The van der Waals surface area contributed by atoms with Crippen molar-refractivity contribution in [1.82, 2.24) is 14.9 Å². The number of nitrogens with zero attached hydrogens (tertiary/aromatic N) is 3. The third kappa shape index (κ3) is 4.22. The Labute approximate surface area is 175 Å². The average molecular weight is 457 g/mol. The summed E-state index contributed by atoms with van der Waals surface area (Å²) >= 11 is 3.39. The fourth-order valence-corrected chi connectivity index (χ4v) is 3.77. The molecule has 1 unspecified atom stereocenters. The first-order valence-corrected chi connectivity index (χ1v) is 9.91. The monoisotopic (exact) mass is 456 g/mol. The molecule has 6 nitrogen and oxygen atoms in total. The van der Waals surface area contributed by atoms with Gasteiger partial charge in [-0.25, -0.2) is 9.37 Å². The number of hydrogen-bond acceptors (Lipinski definition) is 3. The Morgan fingerprint density at radius 2 is 2.14 bits per heavy atom. The van der Waals surface area contributed by atoms with Gasteiger partial charge < -0.3 is 14.8 Å². The lowest BCUT2D eigenvalue weighted by molar-refractivity contribution is -0.126. The first kappa shape index (κ1) is 19.3. The molecule has 1 aliphatic rings. The van der Waals surface area contributed by atoms with Crippen LogP contribution in [-0.4, -0.2) is 27.9 Å². The lowest BCUT2D eigenvalue weighted by Crippen LogP contribution is -2.32. The zero-order chi connectivity index (χ0) is 20.4. The third-order valence-corrected chi connectivity index (χ3v) is 5.37. The predicted molar refractivity (Wildman–Crippen MR) is 110 cm³/mol. The molecule has 0 saturated carbocycles. The van der Waals surface area contributed by atoms with Crippen LogP contribution in [0.4, 0.5) is 10.1 Å². The predicted octanol–water partition coefficient (Wildman–Crippen LogP) is 3.44. The molecule has 0 bridgehead atoms. The highest BCUT2D eigenvalue weighted by Gasteiger charge is 2.35. The Morgan fingerprint density at radius 1 is 1.28 bits per heavy atom. The van der Waals surface area contributed by atoms with Crippen LogP contribution in [-0.2, 0) is 16.1 Å². The van der Waals surface area contributed by atoms with Gasteiger partial charge in [-0.15, -0.1) is 0 Å². The van der Waals surface area contributed by atoms with Crippen LogP contribution in [0.25, 0.3) is 5.69 Å².